The summed E-state index contributed by atoms with van der Waals surface area (Å²) in [7, 11) is 2.14. The quantitative estimate of drug-likeness (QED) is 0.808. The van der Waals surface area contributed by atoms with E-state index in [0.29, 0.717) is 18.4 Å². The summed E-state index contributed by atoms with van der Waals surface area (Å²) in [5, 5.41) is 7.65. The van der Waals surface area contributed by atoms with Crippen molar-refractivity contribution in [2.24, 2.45) is 5.92 Å². The number of hydrogen-bond donors (Lipinski definition) is 1. The van der Waals surface area contributed by atoms with Crippen LogP contribution in [0.4, 0.5) is 0 Å². The molecular formula is C19H27ClN2O4. The third kappa shape index (κ3) is 6.27. The van der Waals surface area contributed by atoms with Crippen LogP contribution in [-0.2, 0) is 20.7 Å². The van der Waals surface area contributed by atoms with E-state index in [2.05, 4.69) is 16.8 Å². The molecule has 2 bridgehead atoms. The number of hydrogen-bond acceptors (Lipinski definition) is 4. The molecule has 7 heteroatoms. The summed E-state index contributed by atoms with van der Waals surface area (Å²) in [6.45, 7) is 3.92. The Morgan fingerprint density at radius 3 is 2.65 bits per heavy atom. The van der Waals surface area contributed by atoms with Crippen LogP contribution >= 0.6 is 11.6 Å². The number of carbonyl (C=O) groups excluding carboxylic acids is 1. The Hall–Kier alpha value is -1.63. The van der Waals surface area contributed by atoms with Crippen LogP contribution in [0.1, 0.15) is 18.4 Å². The van der Waals surface area contributed by atoms with Crippen LogP contribution in [-0.4, -0.2) is 73.2 Å². The van der Waals surface area contributed by atoms with Gasteiger partial charge in [0.2, 0.25) is 5.91 Å². The molecule has 1 aromatic rings. The van der Waals surface area contributed by atoms with E-state index in [1.807, 2.05) is 24.3 Å². The average molecular weight is 383 g/mol. The third-order valence-electron chi connectivity index (χ3n) is 4.87. The molecule has 2 atom stereocenters. The van der Waals surface area contributed by atoms with E-state index in [-0.39, 0.29) is 12.4 Å². The molecule has 2 aliphatic rings. The summed E-state index contributed by atoms with van der Waals surface area (Å²) in [5.41, 5.74) is 1.24. The predicted octanol–water partition coefficient (Wildman–Crippen LogP) is 2.15. The van der Waals surface area contributed by atoms with Gasteiger partial charge in [-0.15, -0.1) is 0 Å². The highest BCUT2D eigenvalue weighted by molar-refractivity contribution is 6.30. The fourth-order valence-corrected chi connectivity index (χ4v) is 3.63. The molecular weight excluding hydrogens is 356 g/mol. The maximum Gasteiger partial charge on any atom is 0.290 e. The maximum atomic E-state index is 12.6. The molecule has 2 saturated heterocycles. The van der Waals surface area contributed by atoms with E-state index in [1.165, 1.54) is 5.56 Å². The van der Waals surface area contributed by atoms with Crippen molar-refractivity contribution in [1.82, 2.24) is 9.80 Å². The molecule has 2 aliphatic heterocycles. The number of carbonyl (C=O) groups is 2. The molecule has 144 valence electrons. The molecule has 0 spiro atoms. The fraction of sp³-hybridized carbons (Fsp3) is 0.579. The molecule has 0 aliphatic carbocycles. The predicted molar refractivity (Wildman–Crippen MR) is 100 cm³/mol. The molecule has 1 N–H and O–H groups in total. The van der Waals surface area contributed by atoms with Crippen molar-refractivity contribution in [2.75, 3.05) is 39.9 Å². The number of rotatable bonds is 4. The normalized spacial score (nSPS) is 22.8. The zero-order valence-corrected chi connectivity index (χ0v) is 15.9. The summed E-state index contributed by atoms with van der Waals surface area (Å²) in [4.78, 5) is 25.3. The number of amides is 1. The zero-order valence-electron chi connectivity index (χ0n) is 15.1. The van der Waals surface area contributed by atoms with E-state index >= 15 is 0 Å². The monoisotopic (exact) mass is 382 g/mol. The number of fused-ring (bicyclic) bond motifs is 3. The Bertz CT molecular complexity index is 581. The van der Waals surface area contributed by atoms with Crippen molar-refractivity contribution < 1.29 is 19.4 Å². The van der Waals surface area contributed by atoms with Crippen LogP contribution in [0.15, 0.2) is 24.3 Å². The second-order valence-corrected chi connectivity index (χ2v) is 7.32. The molecule has 1 aromatic carbocycles. The number of halogens is 1. The third-order valence-corrected chi connectivity index (χ3v) is 5.12. The number of nitrogens with zero attached hydrogens (tertiary/aromatic N) is 2. The molecule has 6 nitrogen and oxygen atoms in total. The number of carboxylic acid groups (broad SMARTS) is 1. The lowest BCUT2D eigenvalue weighted by Crippen LogP contribution is -2.44. The van der Waals surface area contributed by atoms with Crippen molar-refractivity contribution in [2.45, 2.75) is 25.3 Å². The molecule has 26 heavy (non-hydrogen) atoms. The molecule has 2 fully saturated rings. The number of likely N-dealkylation sites (N-methyl/N-ethyl adjacent to an activating group) is 1. The summed E-state index contributed by atoms with van der Waals surface area (Å²) < 4.78 is 5.72. The van der Waals surface area contributed by atoms with Gasteiger partial charge in [-0.2, -0.15) is 0 Å². The number of aryl methyl sites for hydroxylation is 1. The Balaban J connectivity index is 0.000000758. The lowest BCUT2D eigenvalue weighted by Gasteiger charge is -2.29. The molecule has 1 amide bonds. The summed E-state index contributed by atoms with van der Waals surface area (Å²) in [6, 6.07) is 8.22. The highest BCUT2D eigenvalue weighted by Gasteiger charge is 2.32. The summed E-state index contributed by atoms with van der Waals surface area (Å²) in [5.74, 6) is 0.721. The number of ether oxygens (including phenoxy) is 1. The van der Waals surface area contributed by atoms with Gasteiger partial charge in [0.05, 0.1) is 19.3 Å². The molecule has 2 heterocycles. The minimum atomic E-state index is -0.250. The first-order valence-corrected chi connectivity index (χ1v) is 9.29. The van der Waals surface area contributed by atoms with Gasteiger partial charge in [0, 0.05) is 37.0 Å². The summed E-state index contributed by atoms with van der Waals surface area (Å²) in [6.07, 6.45) is 2.43. The van der Waals surface area contributed by atoms with Gasteiger partial charge in [0.15, 0.2) is 0 Å². The van der Waals surface area contributed by atoms with Gasteiger partial charge >= 0.3 is 0 Å². The minimum Gasteiger partial charge on any atom is -0.483 e. The van der Waals surface area contributed by atoms with Gasteiger partial charge < -0.3 is 14.7 Å². The van der Waals surface area contributed by atoms with E-state index < -0.39 is 0 Å². The lowest BCUT2D eigenvalue weighted by molar-refractivity contribution is -0.133. The number of benzene rings is 1. The zero-order chi connectivity index (χ0) is 18.9. The minimum absolute atomic E-state index is 0.250. The van der Waals surface area contributed by atoms with Gasteiger partial charge in [-0.05, 0) is 37.6 Å². The van der Waals surface area contributed by atoms with Crippen molar-refractivity contribution in [3.63, 3.8) is 0 Å². The lowest BCUT2D eigenvalue weighted by atomic mass is 10.1. The van der Waals surface area contributed by atoms with Gasteiger partial charge in [0.1, 0.15) is 0 Å². The molecule has 0 aromatic heterocycles. The second kappa shape index (κ2) is 10.5. The van der Waals surface area contributed by atoms with Gasteiger partial charge in [-0.25, -0.2) is 0 Å². The van der Waals surface area contributed by atoms with Crippen molar-refractivity contribution >= 4 is 24.0 Å². The van der Waals surface area contributed by atoms with Crippen molar-refractivity contribution in [1.29, 1.82) is 0 Å². The van der Waals surface area contributed by atoms with Gasteiger partial charge in [-0.1, -0.05) is 23.7 Å². The van der Waals surface area contributed by atoms with Crippen LogP contribution < -0.4 is 0 Å². The highest BCUT2D eigenvalue weighted by atomic mass is 35.5. The highest BCUT2D eigenvalue weighted by Crippen LogP contribution is 2.19. The van der Waals surface area contributed by atoms with Crippen LogP contribution in [0.3, 0.4) is 0 Å². The van der Waals surface area contributed by atoms with Gasteiger partial charge in [0.25, 0.3) is 6.47 Å². The first kappa shape index (κ1) is 20.7. The first-order chi connectivity index (χ1) is 12.5. The van der Waals surface area contributed by atoms with E-state index in [4.69, 9.17) is 26.2 Å². The SMILES string of the molecule is CN1C[C@H]2COC[C@@H]1CN(C(=O)CCCc1ccc(Cl)cc1)C2.O=CO. The topological polar surface area (TPSA) is 70.1 Å². The maximum absolute atomic E-state index is 12.6. The molecule has 0 unspecified atom stereocenters. The molecule has 0 radical (unpaired) electrons. The van der Waals surface area contributed by atoms with E-state index in [0.717, 1.165) is 50.7 Å². The van der Waals surface area contributed by atoms with E-state index in [1.54, 1.807) is 0 Å². The Kier molecular flexibility index (Phi) is 8.35. The Labute approximate surface area is 159 Å². The van der Waals surface area contributed by atoms with Crippen LogP contribution in [0.25, 0.3) is 0 Å². The second-order valence-electron chi connectivity index (χ2n) is 6.88. The summed E-state index contributed by atoms with van der Waals surface area (Å²) >= 11 is 5.90. The smallest absolute Gasteiger partial charge is 0.290 e. The molecule has 3 rings (SSSR count). The molecule has 0 saturated carbocycles. The van der Waals surface area contributed by atoms with Crippen LogP contribution in [0.5, 0.6) is 0 Å². The largest absolute Gasteiger partial charge is 0.483 e. The van der Waals surface area contributed by atoms with Crippen LogP contribution in [0.2, 0.25) is 5.02 Å². The van der Waals surface area contributed by atoms with Gasteiger partial charge in [-0.3, -0.25) is 14.5 Å². The average Bonchev–Trinajstić information content (AvgIpc) is 2.86. The Morgan fingerprint density at radius 1 is 1.27 bits per heavy atom. The standard InChI is InChI=1S/C18H25ClN2O2.CH2O2/c1-20-9-15-10-21(11-17(20)13-23-12-15)18(22)4-2-3-14-5-7-16(19)8-6-14;2-1-3/h5-8,15,17H,2-4,9-13H2,1H3;1H,(H,2,3)/t15-,17+;/m1./s1. The fourth-order valence-electron chi connectivity index (χ4n) is 3.51. The van der Waals surface area contributed by atoms with Crippen molar-refractivity contribution in [3.05, 3.63) is 34.9 Å². The van der Waals surface area contributed by atoms with Crippen LogP contribution in [0, 0.1) is 5.92 Å². The Morgan fingerprint density at radius 2 is 1.96 bits per heavy atom. The first-order valence-electron chi connectivity index (χ1n) is 8.91. The van der Waals surface area contributed by atoms with E-state index in [9.17, 15) is 4.79 Å². The van der Waals surface area contributed by atoms with Crippen molar-refractivity contribution in [3.8, 4) is 0 Å².